The number of benzene rings is 1. The van der Waals surface area contributed by atoms with Crippen LogP contribution in [0.2, 0.25) is 0 Å². The Labute approximate surface area is 137 Å². The quantitative estimate of drug-likeness (QED) is 0.829. The van der Waals surface area contributed by atoms with Gasteiger partial charge in [-0.2, -0.15) is 0 Å². The number of amides is 1. The maximum Gasteiger partial charge on any atom is 0.234 e. The van der Waals surface area contributed by atoms with Crippen molar-refractivity contribution in [3.05, 3.63) is 29.0 Å². The molecule has 1 amide bonds. The molecule has 0 saturated heterocycles. The first-order chi connectivity index (χ1) is 10.9. The third kappa shape index (κ3) is 2.90. The molecule has 0 fully saturated rings. The van der Waals surface area contributed by atoms with E-state index in [9.17, 15) is 4.79 Å². The minimum atomic E-state index is -0.440. The molecule has 0 radical (unpaired) electrons. The van der Waals surface area contributed by atoms with E-state index in [2.05, 4.69) is 36.3 Å². The van der Waals surface area contributed by atoms with Gasteiger partial charge < -0.3 is 15.1 Å². The van der Waals surface area contributed by atoms with Crippen LogP contribution >= 0.6 is 0 Å². The number of carbonyl (C=O) groups is 2. The summed E-state index contributed by atoms with van der Waals surface area (Å²) in [5, 5.41) is 4.29. The monoisotopic (exact) mass is 314 g/mol. The first kappa shape index (κ1) is 17.3. The Kier molecular flexibility index (Phi) is 4.93. The standard InChI is InChI=1S/C18H24N2O.CH2O/c1-5-6-7-8-12-11(2)19-15-10-14-16(9-13(12)15)20-17(21)18(14,3)4;1-2/h9-10,19H,5-8H2,1-4H3,(H,20,21);1H2. The summed E-state index contributed by atoms with van der Waals surface area (Å²) in [6.45, 7) is 10.3. The number of aromatic nitrogens is 1. The van der Waals surface area contributed by atoms with Crippen LogP contribution < -0.4 is 5.32 Å². The molecule has 0 bridgehead atoms. The molecule has 0 atom stereocenters. The van der Waals surface area contributed by atoms with E-state index in [0.717, 1.165) is 23.2 Å². The number of rotatable bonds is 4. The molecule has 1 aliphatic rings. The van der Waals surface area contributed by atoms with Crippen molar-refractivity contribution in [1.82, 2.24) is 4.98 Å². The number of unbranched alkanes of at least 4 members (excludes halogenated alkanes) is 2. The molecule has 3 rings (SSSR count). The Balaban J connectivity index is 0.000000924. The SMILES string of the molecule is C=O.CCCCCc1c(C)[nH]c2cc3c(cc12)NC(=O)C3(C)C. The Hall–Kier alpha value is -2.10. The van der Waals surface area contributed by atoms with Gasteiger partial charge in [-0.25, -0.2) is 0 Å². The highest BCUT2D eigenvalue weighted by Crippen LogP contribution is 2.40. The molecule has 0 aliphatic carbocycles. The normalized spacial score (nSPS) is 15.0. The number of anilines is 1. The summed E-state index contributed by atoms with van der Waals surface area (Å²) < 4.78 is 0. The summed E-state index contributed by atoms with van der Waals surface area (Å²) in [6.07, 6.45) is 4.83. The molecule has 124 valence electrons. The molecule has 1 aliphatic heterocycles. The van der Waals surface area contributed by atoms with Gasteiger partial charge in [0, 0.05) is 22.3 Å². The summed E-state index contributed by atoms with van der Waals surface area (Å²) in [5.74, 6) is 0.0920. The fraction of sp³-hybridized carbons (Fsp3) is 0.474. The highest BCUT2D eigenvalue weighted by Gasteiger charge is 2.38. The van der Waals surface area contributed by atoms with Crippen LogP contribution in [0.15, 0.2) is 12.1 Å². The highest BCUT2D eigenvalue weighted by molar-refractivity contribution is 6.08. The Bertz CT molecular complexity index is 729. The second-order valence-electron chi connectivity index (χ2n) is 6.71. The summed E-state index contributed by atoms with van der Waals surface area (Å²) in [5.41, 5.74) is 5.45. The van der Waals surface area contributed by atoms with Crippen LogP contribution in [0.25, 0.3) is 10.9 Å². The molecule has 0 saturated carbocycles. The van der Waals surface area contributed by atoms with Gasteiger partial charge >= 0.3 is 0 Å². The van der Waals surface area contributed by atoms with Crippen molar-refractivity contribution in [2.45, 2.75) is 58.8 Å². The van der Waals surface area contributed by atoms with Gasteiger partial charge in [0.1, 0.15) is 6.79 Å². The number of nitrogens with one attached hydrogen (secondary N) is 2. The van der Waals surface area contributed by atoms with E-state index in [0.29, 0.717) is 0 Å². The van der Waals surface area contributed by atoms with Gasteiger partial charge in [-0.05, 0) is 56.9 Å². The molecule has 4 heteroatoms. The molecule has 0 spiro atoms. The molecular formula is C19H26N2O2. The largest absolute Gasteiger partial charge is 0.358 e. The van der Waals surface area contributed by atoms with Crippen LogP contribution in [0, 0.1) is 6.92 Å². The lowest BCUT2D eigenvalue weighted by atomic mass is 9.85. The first-order valence-corrected chi connectivity index (χ1v) is 8.21. The first-order valence-electron chi connectivity index (χ1n) is 8.21. The average Bonchev–Trinajstić information content (AvgIpc) is 2.94. The molecule has 23 heavy (non-hydrogen) atoms. The van der Waals surface area contributed by atoms with E-state index in [-0.39, 0.29) is 5.91 Å². The van der Waals surface area contributed by atoms with Gasteiger partial charge in [-0.3, -0.25) is 4.79 Å². The number of hydrogen-bond acceptors (Lipinski definition) is 2. The lowest BCUT2D eigenvalue weighted by molar-refractivity contribution is -0.119. The maximum absolute atomic E-state index is 12.1. The summed E-state index contributed by atoms with van der Waals surface area (Å²) >= 11 is 0. The van der Waals surface area contributed by atoms with Crippen LogP contribution in [0.4, 0.5) is 5.69 Å². The van der Waals surface area contributed by atoms with Gasteiger partial charge in [0.15, 0.2) is 0 Å². The molecule has 0 unspecified atom stereocenters. The topological polar surface area (TPSA) is 62.0 Å². The third-order valence-electron chi connectivity index (χ3n) is 4.78. The van der Waals surface area contributed by atoms with E-state index >= 15 is 0 Å². The number of hydrogen-bond donors (Lipinski definition) is 2. The van der Waals surface area contributed by atoms with Crippen LogP contribution in [0.5, 0.6) is 0 Å². The van der Waals surface area contributed by atoms with Gasteiger partial charge in [0.05, 0.1) is 5.41 Å². The zero-order chi connectivity index (χ0) is 17.2. The number of H-pyrrole nitrogens is 1. The predicted molar refractivity (Wildman–Crippen MR) is 95.0 cm³/mol. The van der Waals surface area contributed by atoms with Crippen molar-refractivity contribution in [1.29, 1.82) is 0 Å². The summed E-state index contributed by atoms with van der Waals surface area (Å²) in [6, 6.07) is 4.31. The van der Waals surface area contributed by atoms with E-state index < -0.39 is 5.41 Å². The van der Waals surface area contributed by atoms with Crippen LogP contribution in [0.1, 0.15) is 56.9 Å². The molecule has 1 aromatic heterocycles. The van der Waals surface area contributed by atoms with Gasteiger partial charge in [0.2, 0.25) is 5.91 Å². The molecular weight excluding hydrogens is 288 g/mol. The minimum absolute atomic E-state index is 0.0920. The van der Waals surface area contributed by atoms with Crippen molar-refractivity contribution < 1.29 is 9.59 Å². The zero-order valence-corrected chi connectivity index (χ0v) is 14.5. The van der Waals surface area contributed by atoms with Gasteiger partial charge in [-0.1, -0.05) is 19.8 Å². The number of aromatic amines is 1. The van der Waals surface area contributed by atoms with Crippen molar-refractivity contribution in [2.75, 3.05) is 5.32 Å². The van der Waals surface area contributed by atoms with Gasteiger partial charge in [-0.15, -0.1) is 0 Å². The van der Waals surface area contributed by atoms with Gasteiger partial charge in [0.25, 0.3) is 0 Å². The van der Waals surface area contributed by atoms with Crippen molar-refractivity contribution in [2.24, 2.45) is 0 Å². The van der Waals surface area contributed by atoms with E-state index in [1.165, 1.54) is 35.9 Å². The summed E-state index contributed by atoms with van der Waals surface area (Å²) in [7, 11) is 0. The third-order valence-corrected chi connectivity index (χ3v) is 4.78. The lowest BCUT2D eigenvalue weighted by Gasteiger charge is -2.14. The van der Waals surface area contributed by atoms with E-state index in [1.54, 1.807) is 0 Å². The van der Waals surface area contributed by atoms with Crippen LogP contribution in [-0.4, -0.2) is 17.7 Å². The summed E-state index contributed by atoms with van der Waals surface area (Å²) in [4.78, 5) is 23.6. The number of aryl methyl sites for hydroxylation is 2. The number of fused-ring (bicyclic) bond motifs is 2. The fourth-order valence-electron chi connectivity index (χ4n) is 3.33. The van der Waals surface area contributed by atoms with Crippen molar-refractivity contribution in [3.8, 4) is 0 Å². The predicted octanol–water partition coefficient (Wildman–Crippen LogP) is 4.25. The van der Waals surface area contributed by atoms with Crippen molar-refractivity contribution in [3.63, 3.8) is 0 Å². The van der Waals surface area contributed by atoms with Crippen molar-refractivity contribution >= 4 is 29.3 Å². The van der Waals surface area contributed by atoms with E-state index in [1.807, 2.05) is 20.6 Å². The minimum Gasteiger partial charge on any atom is -0.358 e. The molecule has 1 aromatic carbocycles. The van der Waals surface area contributed by atoms with Crippen LogP contribution in [0.3, 0.4) is 0 Å². The molecule has 2 heterocycles. The maximum atomic E-state index is 12.1. The molecule has 2 aromatic rings. The molecule has 4 nitrogen and oxygen atoms in total. The smallest absolute Gasteiger partial charge is 0.234 e. The van der Waals surface area contributed by atoms with E-state index in [4.69, 9.17) is 4.79 Å². The highest BCUT2D eigenvalue weighted by atomic mass is 16.2. The fourth-order valence-corrected chi connectivity index (χ4v) is 3.33. The average molecular weight is 314 g/mol. The lowest BCUT2D eigenvalue weighted by Crippen LogP contribution is -2.26. The second kappa shape index (κ2) is 6.57. The Morgan fingerprint density at radius 1 is 1.17 bits per heavy atom. The Morgan fingerprint density at radius 2 is 1.87 bits per heavy atom. The number of carbonyl (C=O) groups excluding carboxylic acids is 2. The van der Waals surface area contributed by atoms with Crippen LogP contribution in [-0.2, 0) is 21.4 Å². The molecule has 2 N–H and O–H groups in total. The second-order valence-corrected chi connectivity index (χ2v) is 6.71. The zero-order valence-electron chi connectivity index (χ0n) is 14.5. The Morgan fingerprint density at radius 3 is 2.52 bits per heavy atom.